The molecule has 4 nitrogen and oxygen atoms in total. The average molecular weight is 318 g/mol. The first-order valence-electron chi connectivity index (χ1n) is 7.97. The molecule has 0 aliphatic carbocycles. The standard InChI is InChI=1S/C20H22N4/c1-14-5-10-19-18(11-14)15(2)12-20(22-19)23-21-13-16-6-8-17(9-7-16)24(3)4/h5-13H,1-4H3,(H,22,23). The summed E-state index contributed by atoms with van der Waals surface area (Å²) in [7, 11) is 4.06. The van der Waals surface area contributed by atoms with E-state index in [1.165, 1.54) is 22.2 Å². The number of benzene rings is 2. The van der Waals surface area contributed by atoms with Crippen molar-refractivity contribution < 1.29 is 0 Å². The van der Waals surface area contributed by atoms with E-state index in [2.05, 4.69) is 58.5 Å². The van der Waals surface area contributed by atoms with Gasteiger partial charge in [-0.1, -0.05) is 23.8 Å². The molecule has 0 atom stereocenters. The second-order valence-corrected chi connectivity index (χ2v) is 6.20. The summed E-state index contributed by atoms with van der Waals surface area (Å²) in [4.78, 5) is 6.69. The van der Waals surface area contributed by atoms with E-state index in [0.717, 1.165) is 16.9 Å². The Balaban J connectivity index is 1.76. The molecule has 4 heteroatoms. The number of aromatic nitrogens is 1. The van der Waals surface area contributed by atoms with Crippen LogP contribution in [0.2, 0.25) is 0 Å². The molecule has 0 spiro atoms. The minimum Gasteiger partial charge on any atom is -0.378 e. The highest BCUT2D eigenvalue weighted by atomic mass is 15.3. The highest BCUT2D eigenvalue weighted by Gasteiger charge is 2.02. The van der Waals surface area contributed by atoms with Gasteiger partial charge in [-0.25, -0.2) is 4.98 Å². The zero-order valence-corrected chi connectivity index (χ0v) is 14.5. The van der Waals surface area contributed by atoms with E-state index in [4.69, 9.17) is 0 Å². The van der Waals surface area contributed by atoms with Crippen molar-refractivity contribution in [2.75, 3.05) is 24.4 Å². The van der Waals surface area contributed by atoms with Crippen molar-refractivity contribution in [1.29, 1.82) is 0 Å². The number of hydrazone groups is 1. The van der Waals surface area contributed by atoms with E-state index >= 15 is 0 Å². The second kappa shape index (κ2) is 6.71. The normalized spacial score (nSPS) is 11.2. The molecule has 0 unspecified atom stereocenters. The van der Waals surface area contributed by atoms with E-state index in [9.17, 15) is 0 Å². The van der Waals surface area contributed by atoms with Gasteiger partial charge in [-0.2, -0.15) is 5.10 Å². The fourth-order valence-corrected chi connectivity index (χ4v) is 2.60. The summed E-state index contributed by atoms with van der Waals surface area (Å²) in [5.41, 5.74) is 8.65. The maximum absolute atomic E-state index is 4.61. The first-order chi connectivity index (χ1) is 11.5. The lowest BCUT2D eigenvalue weighted by atomic mass is 10.1. The summed E-state index contributed by atoms with van der Waals surface area (Å²) in [5.74, 6) is 0.755. The molecule has 1 N–H and O–H groups in total. The van der Waals surface area contributed by atoms with Crippen LogP contribution < -0.4 is 10.3 Å². The topological polar surface area (TPSA) is 40.5 Å². The number of anilines is 2. The van der Waals surface area contributed by atoms with Gasteiger partial charge >= 0.3 is 0 Å². The quantitative estimate of drug-likeness (QED) is 0.574. The molecule has 1 aromatic heterocycles. The van der Waals surface area contributed by atoms with Crippen LogP contribution in [-0.2, 0) is 0 Å². The van der Waals surface area contributed by atoms with Gasteiger partial charge in [0.25, 0.3) is 0 Å². The number of hydrogen-bond donors (Lipinski definition) is 1. The number of rotatable bonds is 4. The van der Waals surface area contributed by atoms with Crippen LogP contribution in [0.1, 0.15) is 16.7 Å². The molecule has 1 heterocycles. The molecule has 122 valence electrons. The molecule has 0 fully saturated rings. The van der Waals surface area contributed by atoms with Crippen LogP contribution in [0, 0.1) is 13.8 Å². The van der Waals surface area contributed by atoms with Gasteiger partial charge in [0.15, 0.2) is 0 Å². The highest BCUT2D eigenvalue weighted by molar-refractivity contribution is 5.85. The molecule has 2 aromatic carbocycles. The van der Waals surface area contributed by atoms with Crippen LogP contribution in [-0.4, -0.2) is 25.3 Å². The summed E-state index contributed by atoms with van der Waals surface area (Å²) in [6, 6.07) is 16.5. The average Bonchev–Trinajstić information content (AvgIpc) is 2.56. The van der Waals surface area contributed by atoms with Crippen LogP contribution in [0.5, 0.6) is 0 Å². The van der Waals surface area contributed by atoms with Crippen LogP contribution in [0.4, 0.5) is 11.5 Å². The predicted molar refractivity (Wildman–Crippen MR) is 103 cm³/mol. The van der Waals surface area contributed by atoms with Gasteiger partial charge in [-0.3, -0.25) is 5.43 Å². The number of aryl methyl sites for hydroxylation is 2. The highest BCUT2D eigenvalue weighted by Crippen LogP contribution is 2.21. The van der Waals surface area contributed by atoms with Crippen molar-refractivity contribution in [2.24, 2.45) is 5.10 Å². The van der Waals surface area contributed by atoms with Crippen molar-refractivity contribution in [3.8, 4) is 0 Å². The van der Waals surface area contributed by atoms with Gasteiger partial charge < -0.3 is 4.90 Å². The van der Waals surface area contributed by atoms with E-state index in [-0.39, 0.29) is 0 Å². The summed E-state index contributed by atoms with van der Waals surface area (Å²) in [6.45, 7) is 4.19. The van der Waals surface area contributed by atoms with E-state index in [1.807, 2.05) is 38.4 Å². The number of fused-ring (bicyclic) bond motifs is 1. The summed E-state index contributed by atoms with van der Waals surface area (Å²) < 4.78 is 0. The van der Waals surface area contributed by atoms with Gasteiger partial charge in [-0.15, -0.1) is 0 Å². The van der Waals surface area contributed by atoms with Gasteiger partial charge in [-0.05, 0) is 55.3 Å². The third-order valence-corrected chi connectivity index (χ3v) is 3.97. The van der Waals surface area contributed by atoms with E-state index < -0.39 is 0 Å². The Morgan fingerprint density at radius 2 is 1.75 bits per heavy atom. The predicted octanol–water partition coefficient (Wildman–Crippen LogP) is 4.36. The zero-order chi connectivity index (χ0) is 17.1. The van der Waals surface area contributed by atoms with E-state index in [0.29, 0.717) is 0 Å². The smallest absolute Gasteiger partial charge is 0.147 e. The number of nitrogens with one attached hydrogen (secondary N) is 1. The molecule has 0 aliphatic heterocycles. The molecular weight excluding hydrogens is 296 g/mol. The lowest BCUT2D eigenvalue weighted by molar-refractivity contribution is 1.13. The zero-order valence-electron chi connectivity index (χ0n) is 14.5. The fourth-order valence-electron chi connectivity index (χ4n) is 2.60. The Labute approximate surface area is 142 Å². The van der Waals surface area contributed by atoms with Crippen molar-refractivity contribution in [2.45, 2.75) is 13.8 Å². The molecule has 0 radical (unpaired) electrons. The van der Waals surface area contributed by atoms with Gasteiger partial charge in [0.05, 0.1) is 11.7 Å². The second-order valence-electron chi connectivity index (χ2n) is 6.20. The first kappa shape index (κ1) is 16.0. The lowest BCUT2D eigenvalue weighted by Crippen LogP contribution is -2.08. The van der Waals surface area contributed by atoms with Crippen molar-refractivity contribution in [3.63, 3.8) is 0 Å². The maximum atomic E-state index is 4.61. The SMILES string of the molecule is Cc1ccc2nc(NN=Cc3ccc(N(C)C)cc3)cc(C)c2c1. The minimum absolute atomic E-state index is 0.755. The van der Waals surface area contributed by atoms with Crippen LogP contribution in [0.3, 0.4) is 0 Å². The third-order valence-electron chi connectivity index (χ3n) is 3.97. The molecule has 0 saturated carbocycles. The molecular formula is C20H22N4. The minimum atomic E-state index is 0.755. The number of nitrogens with zero attached hydrogens (tertiary/aromatic N) is 3. The fraction of sp³-hybridized carbons (Fsp3) is 0.200. The number of hydrogen-bond acceptors (Lipinski definition) is 4. The molecule has 0 amide bonds. The van der Waals surface area contributed by atoms with Gasteiger partial charge in [0.1, 0.15) is 5.82 Å². The van der Waals surface area contributed by atoms with Crippen molar-refractivity contribution in [1.82, 2.24) is 4.98 Å². The monoisotopic (exact) mass is 318 g/mol. The maximum Gasteiger partial charge on any atom is 0.147 e. The molecule has 3 rings (SSSR count). The number of pyridine rings is 1. The summed E-state index contributed by atoms with van der Waals surface area (Å²) in [6.07, 6.45) is 1.80. The largest absolute Gasteiger partial charge is 0.378 e. The molecule has 0 aliphatic rings. The molecule has 3 aromatic rings. The Hall–Kier alpha value is -2.88. The summed E-state index contributed by atoms with van der Waals surface area (Å²) >= 11 is 0. The van der Waals surface area contributed by atoms with E-state index in [1.54, 1.807) is 6.21 Å². The Morgan fingerprint density at radius 1 is 1.00 bits per heavy atom. The summed E-state index contributed by atoms with van der Waals surface area (Å²) in [5, 5.41) is 5.48. The van der Waals surface area contributed by atoms with Crippen LogP contribution >= 0.6 is 0 Å². The Morgan fingerprint density at radius 3 is 2.46 bits per heavy atom. The van der Waals surface area contributed by atoms with Crippen LogP contribution in [0.25, 0.3) is 10.9 Å². The van der Waals surface area contributed by atoms with Gasteiger partial charge in [0.2, 0.25) is 0 Å². The van der Waals surface area contributed by atoms with Gasteiger partial charge in [0, 0.05) is 25.2 Å². The van der Waals surface area contributed by atoms with Crippen LogP contribution in [0.15, 0.2) is 53.6 Å². The molecule has 0 saturated heterocycles. The van der Waals surface area contributed by atoms with Crippen molar-refractivity contribution >= 4 is 28.6 Å². The first-order valence-corrected chi connectivity index (χ1v) is 7.97. The Kier molecular flexibility index (Phi) is 4.47. The molecule has 0 bridgehead atoms. The van der Waals surface area contributed by atoms with Crippen molar-refractivity contribution in [3.05, 3.63) is 65.2 Å². The lowest BCUT2D eigenvalue weighted by Gasteiger charge is -2.11. The Bertz CT molecular complexity index is 880. The molecule has 24 heavy (non-hydrogen) atoms. The third kappa shape index (κ3) is 3.54.